The zero-order valence-corrected chi connectivity index (χ0v) is 14.4. The Morgan fingerprint density at radius 2 is 1.60 bits per heavy atom. The first kappa shape index (κ1) is 18.5. The number of guanidine groups is 1. The lowest BCUT2D eigenvalue weighted by Gasteiger charge is -2.19. The number of amides is 1. The van der Waals surface area contributed by atoms with Crippen molar-refractivity contribution < 1.29 is 4.79 Å². The van der Waals surface area contributed by atoms with Crippen LogP contribution in [0, 0.1) is 5.41 Å². The SMILES string of the molecule is Cl.N=C(N)NC(=O)C(Cc1ccccc1)c1cccc2ccccc12. The maximum absolute atomic E-state index is 12.7. The summed E-state index contributed by atoms with van der Waals surface area (Å²) in [5, 5.41) is 11.9. The van der Waals surface area contributed by atoms with Gasteiger partial charge in [0.05, 0.1) is 5.92 Å². The Morgan fingerprint density at radius 3 is 2.32 bits per heavy atom. The van der Waals surface area contributed by atoms with E-state index < -0.39 is 5.92 Å². The minimum atomic E-state index is -0.414. The topological polar surface area (TPSA) is 79.0 Å². The van der Waals surface area contributed by atoms with E-state index in [1.54, 1.807) is 0 Å². The summed E-state index contributed by atoms with van der Waals surface area (Å²) in [7, 11) is 0. The molecule has 3 aromatic rings. The molecule has 0 bridgehead atoms. The molecule has 0 saturated carbocycles. The van der Waals surface area contributed by atoms with Crippen LogP contribution < -0.4 is 11.1 Å². The zero-order valence-electron chi connectivity index (χ0n) is 13.6. The molecule has 0 aliphatic carbocycles. The van der Waals surface area contributed by atoms with Gasteiger partial charge in [-0.25, -0.2) is 0 Å². The molecule has 1 amide bonds. The molecule has 25 heavy (non-hydrogen) atoms. The number of nitrogens with two attached hydrogens (primary N) is 1. The summed E-state index contributed by atoms with van der Waals surface area (Å²) in [6.07, 6.45) is 0.550. The Labute approximate surface area is 153 Å². The van der Waals surface area contributed by atoms with E-state index in [9.17, 15) is 4.79 Å². The van der Waals surface area contributed by atoms with Crippen molar-refractivity contribution in [3.8, 4) is 0 Å². The second-order valence-corrected chi connectivity index (χ2v) is 5.71. The van der Waals surface area contributed by atoms with Crippen molar-refractivity contribution in [3.05, 3.63) is 83.9 Å². The van der Waals surface area contributed by atoms with Crippen molar-refractivity contribution in [1.29, 1.82) is 5.41 Å². The first-order valence-corrected chi connectivity index (χ1v) is 7.81. The molecule has 128 valence electrons. The lowest BCUT2D eigenvalue weighted by Crippen LogP contribution is -2.39. The largest absolute Gasteiger partial charge is 0.370 e. The smallest absolute Gasteiger partial charge is 0.234 e. The van der Waals surface area contributed by atoms with Crippen molar-refractivity contribution in [3.63, 3.8) is 0 Å². The summed E-state index contributed by atoms with van der Waals surface area (Å²) < 4.78 is 0. The van der Waals surface area contributed by atoms with Gasteiger partial charge < -0.3 is 5.73 Å². The van der Waals surface area contributed by atoms with Gasteiger partial charge >= 0.3 is 0 Å². The minimum absolute atomic E-state index is 0. The van der Waals surface area contributed by atoms with Gasteiger partial charge in [0.2, 0.25) is 5.91 Å². The van der Waals surface area contributed by atoms with E-state index in [1.165, 1.54) is 0 Å². The van der Waals surface area contributed by atoms with Crippen molar-refractivity contribution in [1.82, 2.24) is 5.32 Å². The molecule has 4 nitrogen and oxygen atoms in total. The standard InChI is InChI=1S/C20H19N3O.ClH/c21-20(22)23-19(24)18(13-14-7-2-1-3-8-14)17-12-6-10-15-9-4-5-11-16(15)17;/h1-12,18H,13H2,(H4,21,22,23,24);1H. The van der Waals surface area contributed by atoms with Crippen LogP contribution in [-0.4, -0.2) is 11.9 Å². The Bertz CT molecular complexity index is 875. The second-order valence-electron chi connectivity index (χ2n) is 5.71. The van der Waals surface area contributed by atoms with Gasteiger partial charge in [0, 0.05) is 0 Å². The fraction of sp³-hybridized carbons (Fsp3) is 0.100. The molecule has 3 rings (SSSR count). The summed E-state index contributed by atoms with van der Waals surface area (Å²) in [4.78, 5) is 12.7. The molecule has 0 saturated heterocycles. The maximum Gasteiger partial charge on any atom is 0.234 e. The molecule has 3 aromatic carbocycles. The molecule has 5 heteroatoms. The van der Waals surface area contributed by atoms with Crippen molar-refractivity contribution in [2.24, 2.45) is 5.73 Å². The van der Waals surface area contributed by atoms with Gasteiger partial charge in [-0.3, -0.25) is 15.5 Å². The van der Waals surface area contributed by atoms with E-state index in [2.05, 4.69) is 5.32 Å². The number of benzene rings is 3. The van der Waals surface area contributed by atoms with Gasteiger partial charge in [-0.1, -0.05) is 72.8 Å². The third-order valence-corrected chi connectivity index (χ3v) is 4.06. The molecule has 0 aliphatic heterocycles. The highest BCUT2D eigenvalue weighted by Crippen LogP contribution is 2.28. The molecular formula is C20H20ClN3O. The fourth-order valence-corrected chi connectivity index (χ4v) is 2.97. The normalized spacial score (nSPS) is 11.4. The van der Waals surface area contributed by atoms with Crippen LogP contribution in [0.1, 0.15) is 17.0 Å². The van der Waals surface area contributed by atoms with E-state index in [-0.39, 0.29) is 24.3 Å². The summed E-state index contributed by atoms with van der Waals surface area (Å²) in [6, 6.07) is 23.8. The average Bonchev–Trinajstić information content (AvgIpc) is 2.59. The van der Waals surface area contributed by atoms with E-state index in [1.807, 2.05) is 72.8 Å². The zero-order chi connectivity index (χ0) is 16.9. The third-order valence-electron chi connectivity index (χ3n) is 4.06. The Hall–Kier alpha value is -2.85. The summed E-state index contributed by atoms with van der Waals surface area (Å²) in [5.41, 5.74) is 7.37. The Kier molecular flexibility index (Phi) is 6.14. The van der Waals surface area contributed by atoms with Gasteiger partial charge in [-0.2, -0.15) is 0 Å². The first-order valence-electron chi connectivity index (χ1n) is 7.81. The molecule has 1 atom stereocenters. The lowest BCUT2D eigenvalue weighted by molar-refractivity contribution is -0.121. The van der Waals surface area contributed by atoms with Gasteiger partial charge in [0.15, 0.2) is 5.96 Å². The maximum atomic E-state index is 12.7. The van der Waals surface area contributed by atoms with Crippen LogP contribution in [0.25, 0.3) is 10.8 Å². The number of hydrogen-bond donors (Lipinski definition) is 3. The number of carbonyl (C=O) groups is 1. The third kappa shape index (κ3) is 4.37. The number of halogens is 1. The van der Waals surface area contributed by atoms with Crippen molar-refractivity contribution in [2.75, 3.05) is 0 Å². The summed E-state index contributed by atoms with van der Waals surface area (Å²) in [6.45, 7) is 0. The average molecular weight is 354 g/mol. The molecule has 0 aromatic heterocycles. The van der Waals surface area contributed by atoms with Crippen LogP contribution in [0.4, 0.5) is 0 Å². The van der Waals surface area contributed by atoms with Crippen LogP contribution >= 0.6 is 12.4 Å². The van der Waals surface area contributed by atoms with E-state index in [4.69, 9.17) is 11.1 Å². The number of carbonyl (C=O) groups excluding carboxylic acids is 1. The molecule has 4 N–H and O–H groups in total. The lowest BCUT2D eigenvalue weighted by atomic mass is 9.88. The number of hydrogen-bond acceptors (Lipinski definition) is 2. The Balaban J connectivity index is 0.00000225. The molecular weight excluding hydrogens is 334 g/mol. The van der Waals surface area contributed by atoms with Gasteiger partial charge in [0.25, 0.3) is 0 Å². The molecule has 0 heterocycles. The molecule has 0 radical (unpaired) electrons. The molecule has 0 aliphatic rings. The van der Waals surface area contributed by atoms with Crippen molar-refractivity contribution in [2.45, 2.75) is 12.3 Å². The highest BCUT2D eigenvalue weighted by Gasteiger charge is 2.23. The van der Waals surface area contributed by atoms with Gasteiger partial charge in [-0.05, 0) is 28.3 Å². The van der Waals surface area contributed by atoms with E-state index in [0.717, 1.165) is 21.9 Å². The van der Waals surface area contributed by atoms with Crippen LogP contribution in [0.3, 0.4) is 0 Å². The van der Waals surface area contributed by atoms with E-state index in [0.29, 0.717) is 6.42 Å². The molecule has 0 fully saturated rings. The van der Waals surface area contributed by atoms with Gasteiger partial charge in [0.1, 0.15) is 0 Å². The van der Waals surface area contributed by atoms with Crippen molar-refractivity contribution >= 4 is 35.0 Å². The summed E-state index contributed by atoms with van der Waals surface area (Å²) >= 11 is 0. The minimum Gasteiger partial charge on any atom is -0.370 e. The van der Waals surface area contributed by atoms with Crippen LogP contribution in [0.5, 0.6) is 0 Å². The quantitative estimate of drug-likeness (QED) is 0.495. The molecule has 1 unspecified atom stereocenters. The number of rotatable bonds is 4. The van der Waals surface area contributed by atoms with Gasteiger partial charge in [-0.15, -0.1) is 12.4 Å². The number of fused-ring (bicyclic) bond motifs is 1. The first-order chi connectivity index (χ1) is 11.6. The predicted octanol–water partition coefficient (Wildman–Crippen LogP) is 3.60. The number of nitrogens with one attached hydrogen (secondary N) is 2. The van der Waals surface area contributed by atoms with E-state index >= 15 is 0 Å². The second kappa shape index (κ2) is 8.31. The monoisotopic (exact) mass is 353 g/mol. The molecule has 0 spiro atoms. The van der Waals surface area contributed by atoms with Crippen LogP contribution in [0.2, 0.25) is 0 Å². The Morgan fingerprint density at radius 1 is 0.960 bits per heavy atom. The highest BCUT2D eigenvalue weighted by molar-refractivity contribution is 6.00. The predicted molar refractivity (Wildman–Crippen MR) is 104 cm³/mol. The highest BCUT2D eigenvalue weighted by atomic mass is 35.5. The van der Waals surface area contributed by atoms with Crippen LogP contribution in [-0.2, 0) is 11.2 Å². The fourth-order valence-electron chi connectivity index (χ4n) is 2.97. The summed E-state index contributed by atoms with van der Waals surface area (Å²) in [5.74, 6) is -1.01. The van der Waals surface area contributed by atoms with Crippen LogP contribution in [0.15, 0.2) is 72.8 Å².